The number of H-pyrrole nitrogens is 1. The highest BCUT2D eigenvalue weighted by molar-refractivity contribution is 5.76. The van der Waals surface area contributed by atoms with E-state index >= 15 is 0 Å². The minimum absolute atomic E-state index is 0.239. The van der Waals surface area contributed by atoms with Gasteiger partial charge in [-0.3, -0.25) is 9.89 Å². The fourth-order valence-corrected chi connectivity index (χ4v) is 4.58. The summed E-state index contributed by atoms with van der Waals surface area (Å²) in [6.45, 7) is 1.56. The van der Waals surface area contributed by atoms with Crippen molar-refractivity contribution in [2.24, 2.45) is 0 Å². The number of nitrogens with one attached hydrogen (secondary N) is 1. The van der Waals surface area contributed by atoms with E-state index in [1.54, 1.807) is 0 Å². The first kappa shape index (κ1) is 17.5. The Kier molecular flexibility index (Phi) is 4.63. The molecule has 1 aliphatic heterocycles. The molecule has 1 amide bonds. The second-order valence-electron chi connectivity index (χ2n) is 8.01. The van der Waals surface area contributed by atoms with Crippen molar-refractivity contribution in [1.82, 2.24) is 20.1 Å². The van der Waals surface area contributed by atoms with Crippen molar-refractivity contribution < 1.29 is 9.21 Å². The molecule has 6 nitrogen and oxygen atoms in total. The molecule has 0 atom stereocenters. The standard InChI is InChI=1S/C22H26N4O2/c27-21(10-9-18-16-5-1-2-6-17(16)24-25-18)26-13-11-15(12-14-26)22-23-19-7-3-4-8-20(19)28-22/h3-4,7-8,15H,1-2,5-6,9-14H2,(H,24,25). The number of carbonyl (C=O) groups excluding carboxylic acids is 1. The molecule has 0 unspecified atom stereocenters. The van der Waals surface area contributed by atoms with Crippen LogP contribution in [-0.2, 0) is 24.1 Å². The van der Waals surface area contributed by atoms with Gasteiger partial charge >= 0.3 is 0 Å². The molecule has 2 aromatic heterocycles. The minimum atomic E-state index is 0.239. The highest BCUT2D eigenvalue weighted by atomic mass is 16.3. The van der Waals surface area contributed by atoms with Crippen molar-refractivity contribution in [3.8, 4) is 0 Å². The lowest BCUT2D eigenvalue weighted by atomic mass is 9.94. The molecule has 3 aromatic rings. The number of rotatable bonds is 4. The van der Waals surface area contributed by atoms with Gasteiger partial charge in [0, 0.05) is 37.5 Å². The van der Waals surface area contributed by atoms with Gasteiger partial charge in [-0.15, -0.1) is 0 Å². The predicted octanol–water partition coefficient (Wildman–Crippen LogP) is 3.77. The van der Waals surface area contributed by atoms with Crippen molar-refractivity contribution in [3.05, 3.63) is 47.1 Å². The molecule has 0 radical (unpaired) electrons. The molecule has 1 fully saturated rings. The van der Waals surface area contributed by atoms with Crippen LogP contribution in [0.1, 0.15) is 60.9 Å². The number of aromatic nitrogens is 3. The third-order valence-electron chi connectivity index (χ3n) is 6.22. The van der Waals surface area contributed by atoms with Gasteiger partial charge in [0.1, 0.15) is 5.52 Å². The highest BCUT2D eigenvalue weighted by Gasteiger charge is 2.27. The van der Waals surface area contributed by atoms with Crippen LogP contribution in [0.5, 0.6) is 0 Å². The molecule has 28 heavy (non-hydrogen) atoms. The maximum atomic E-state index is 12.7. The number of hydrogen-bond acceptors (Lipinski definition) is 4. The summed E-state index contributed by atoms with van der Waals surface area (Å²) in [5, 5.41) is 7.64. The summed E-state index contributed by atoms with van der Waals surface area (Å²) in [5.74, 6) is 1.36. The smallest absolute Gasteiger partial charge is 0.222 e. The summed E-state index contributed by atoms with van der Waals surface area (Å²) in [5.41, 5.74) is 5.52. The molecule has 1 aliphatic carbocycles. The Hall–Kier alpha value is -2.63. The molecular formula is C22H26N4O2. The van der Waals surface area contributed by atoms with Crippen LogP contribution in [0, 0.1) is 0 Å². The average Bonchev–Trinajstić information content (AvgIpc) is 3.36. The van der Waals surface area contributed by atoms with Crippen LogP contribution < -0.4 is 0 Å². The van der Waals surface area contributed by atoms with E-state index in [9.17, 15) is 4.79 Å². The minimum Gasteiger partial charge on any atom is -0.440 e. The number of aryl methyl sites for hydroxylation is 2. The second-order valence-corrected chi connectivity index (χ2v) is 8.01. The van der Waals surface area contributed by atoms with Crippen molar-refractivity contribution >= 4 is 17.0 Å². The molecule has 1 saturated heterocycles. The van der Waals surface area contributed by atoms with E-state index in [1.807, 2.05) is 29.2 Å². The van der Waals surface area contributed by atoms with Crippen molar-refractivity contribution in [3.63, 3.8) is 0 Å². The Morgan fingerprint density at radius 1 is 1.18 bits per heavy atom. The summed E-state index contributed by atoms with van der Waals surface area (Å²) in [6.07, 6.45) is 7.79. The van der Waals surface area contributed by atoms with Gasteiger partial charge in [-0.2, -0.15) is 5.10 Å². The first-order valence-electron chi connectivity index (χ1n) is 10.5. The van der Waals surface area contributed by atoms with Crippen LogP contribution >= 0.6 is 0 Å². The van der Waals surface area contributed by atoms with Crippen molar-refractivity contribution in [2.45, 2.75) is 57.3 Å². The van der Waals surface area contributed by atoms with Crippen molar-refractivity contribution in [2.75, 3.05) is 13.1 Å². The molecule has 1 N–H and O–H groups in total. The molecule has 0 saturated carbocycles. The quantitative estimate of drug-likeness (QED) is 0.750. The van der Waals surface area contributed by atoms with Gasteiger partial charge in [0.05, 0.1) is 5.69 Å². The molecule has 3 heterocycles. The first-order valence-corrected chi connectivity index (χ1v) is 10.5. The van der Waals surface area contributed by atoms with E-state index in [4.69, 9.17) is 4.42 Å². The molecule has 5 rings (SSSR count). The molecule has 146 valence electrons. The number of amides is 1. The zero-order valence-corrected chi connectivity index (χ0v) is 16.1. The number of nitrogens with zero attached hydrogens (tertiary/aromatic N) is 3. The summed E-state index contributed by atoms with van der Waals surface area (Å²) < 4.78 is 5.93. The van der Waals surface area contributed by atoms with E-state index in [0.29, 0.717) is 12.3 Å². The van der Waals surface area contributed by atoms with Gasteiger partial charge in [0.2, 0.25) is 5.91 Å². The molecule has 6 heteroatoms. The second kappa shape index (κ2) is 7.41. The zero-order chi connectivity index (χ0) is 18.9. The number of para-hydroxylation sites is 2. The van der Waals surface area contributed by atoms with Gasteiger partial charge in [-0.05, 0) is 56.2 Å². The van der Waals surface area contributed by atoms with Gasteiger partial charge in [-0.1, -0.05) is 12.1 Å². The average molecular weight is 378 g/mol. The lowest BCUT2D eigenvalue weighted by molar-refractivity contribution is -0.132. The fraction of sp³-hybridized carbons (Fsp3) is 0.500. The summed E-state index contributed by atoms with van der Waals surface area (Å²) in [4.78, 5) is 19.3. The normalized spacial score (nSPS) is 17.8. The molecule has 0 bridgehead atoms. The van der Waals surface area contributed by atoms with Crippen LogP contribution in [0.25, 0.3) is 11.1 Å². The zero-order valence-electron chi connectivity index (χ0n) is 16.1. The van der Waals surface area contributed by atoms with Crippen molar-refractivity contribution in [1.29, 1.82) is 0 Å². The number of fused-ring (bicyclic) bond motifs is 2. The summed E-state index contributed by atoms with van der Waals surface area (Å²) in [6, 6.07) is 7.88. The monoisotopic (exact) mass is 378 g/mol. The number of likely N-dealkylation sites (tertiary alicyclic amines) is 1. The van der Waals surface area contributed by atoms with E-state index < -0.39 is 0 Å². The Balaban J connectivity index is 1.16. The number of carbonyl (C=O) groups is 1. The summed E-state index contributed by atoms with van der Waals surface area (Å²) in [7, 11) is 0. The lowest BCUT2D eigenvalue weighted by Gasteiger charge is -2.30. The van der Waals surface area contributed by atoms with E-state index in [-0.39, 0.29) is 5.91 Å². The fourth-order valence-electron chi connectivity index (χ4n) is 4.58. The number of oxazole rings is 1. The first-order chi connectivity index (χ1) is 13.8. The van der Waals surface area contributed by atoms with Crippen LogP contribution in [0.4, 0.5) is 0 Å². The molecule has 0 spiro atoms. The SMILES string of the molecule is O=C(CCc1n[nH]c2c1CCCC2)N1CCC(c2nc3ccccc3o2)CC1. The molecule has 2 aliphatic rings. The Bertz CT molecular complexity index is 949. The third-order valence-corrected chi connectivity index (χ3v) is 6.22. The van der Waals surface area contributed by atoms with Gasteiger partial charge in [0.25, 0.3) is 0 Å². The maximum Gasteiger partial charge on any atom is 0.222 e. The van der Waals surface area contributed by atoms with E-state index in [0.717, 1.165) is 67.9 Å². The Morgan fingerprint density at radius 2 is 2.00 bits per heavy atom. The van der Waals surface area contributed by atoms with Gasteiger partial charge < -0.3 is 9.32 Å². The lowest BCUT2D eigenvalue weighted by Crippen LogP contribution is -2.38. The molecular weight excluding hydrogens is 352 g/mol. The Morgan fingerprint density at radius 3 is 2.86 bits per heavy atom. The largest absolute Gasteiger partial charge is 0.440 e. The Labute approximate surface area is 164 Å². The highest BCUT2D eigenvalue weighted by Crippen LogP contribution is 2.30. The van der Waals surface area contributed by atoms with Gasteiger partial charge in [-0.25, -0.2) is 4.98 Å². The number of piperidine rings is 1. The maximum absolute atomic E-state index is 12.7. The number of aromatic amines is 1. The van der Waals surface area contributed by atoms with Crippen LogP contribution in [0.15, 0.2) is 28.7 Å². The third kappa shape index (κ3) is 3.32. The van der Waals surface area contributed by atoms with Crippen LogP contribution in [-0.4, -0.2) is 39.1 Å². The van der Waals surface area contributed by atoms with Crippen LogP contribution in [0.2, 0.25) is 0 Å². The predicted molar refractivity (Wildman–Crippen MR) is 106 cm³/mol. The number of hydrogen-bond donors (Lipinski definition) is 1. The van der Waals surface area contributed by atoms with E-state index in [2.05, 4.69) is 15.2 Å². The van der Waals surface area contributed by atoms with E-state index in [1.165, 1.54) is 24.1 Å². The summed E-state index contributed by atoms with van der Waals surface area (Å²) >= 11 is 0. The van der Waals surface area contributed by atoms with Crippen LogP contribution in [0.3, 0.4) is 0 Å². The number of benzene rings is 1. The molecule has 1 aromatic carbocycles. The topological polar surface area (TPSA) is 75.0 Å². The van der Waals surface area contributed by atoms with Gasteiger partial charge in [0.15, 0.2) is 11.5 Å².